The van der Waals surface area contributed by atoms with Gasteiger partial charge in [0, 0.05) is 10.7 Å². The van der Waals surface area contributed by atoms with Crippen LogP contribution in [0, 0.1) is 13.8 Å². The van der Waals surface area contributed by atoms with Gasteiger partial charge >= 0.3 is 5.97 Å². The highest BCUT2D eigenvalue weighted by atomic mass is 35.5. The van der Waals surface area contributed by atoms with Gasteiger partial charge in [0.05, 0.1) is 16.3 Å². The highest BCUT2D eigenvalue weighted by Gasteiger charge is 2.17. The van der Waals surface area contributed by atoms with Crippen LogP contribution in [-0.2, 0) is 9.53 Å². The van der Waals surface area contributed by atoms with Gasteiger partial charge < -0.3 is 15.8 Å². The van der Waals surface area contributed by atoms with Crippen LogP contribution in [0.25, 0.3) is 0 Å². The van der Waals surface area contributed by atoms with Gasteiger partial charge in [-0.3, -0.25) is 4.79 Å². The SMILES string of the molecule is Cc1cccc(NC(=O)COC(=O)c2cc(Cl)cc(Cl)c2N)c1C. The van der Waals surface area contributed by atoms with E-state index < -0.39 is 18.5 Å². The summed E-state index contributed by atoms with van der Waals surface area (Å²) in [6.07, 6.45) is 0. The monoisotopic (exact) mass is 366 g/mol. The van der Waals surface area contributed by atoms with Crippen LogP contribution in [0.15, 0.2) is 30.3 Å². The number of carbonyl (C=O) groups excluding carboxylic acids is 2. The Kier molecular flexibility index (Phi) is 5.70. The summed E-state index contributed by atoms with van der Waals surface area (Å²) in [6.45, 7) is 3.39. The third-order valence-electron chi connectivity index (χ3n) is 3.53. The standard InChI is InChI=1S/C17H16Cl2N2O3/c1-9-4-3-5-14(10(9)2)21-15(22)8-24-17(23)12-6-11(18)7-13(19)16(12)20/h3-7H,8,20H2,1-2H3,(H,21,22). The molecule has 5 nitrogen and oxygen atoms in total. The number of aryl methyl sites for hydroxylation is 1. The summed E-state index contributed by atoms with van der Waals surface area (Å²) in [5.41, 5.74) is 8.47. The number of rotatable bonds is 4. The van der Waals surface area contributed by atoms with Crippen molar-refractivity contribution in [1.82, 2.24) is 0 Å². The molecule has 24 heavy (non-hydrogen) atoms. The molecule has 0 aliphatic carbocycles. The second-order valence-electron chi connectivity index (χ2n) is 5.22. The zero-order valence-corrected chi connectivity index (χ0v) is 14.7. The number of halogens is 2. The lowest BCUT2D eigenvalue weighted by Crippen LogP contribution is -2.22. The molecule has 0 fully saturated rings. The molecule has 126 valence electrons. The number of esters is 1. The van der Waals surface area contributed by atoms with Crippen molar-refractivity contribution >= 4 is 46.5 Å². The first kappa shape index (κ1) is 18.1. The van der Waals surface area contributed by atoms with E-state index in [1.807, 2.05) is 26.0 Å². The molecule has 0 aliphatic heterocycles. The zero-order chi connectivity index (χ0) is 17.9. The number of amides is 1. The Morgan fingerprint density at radius 1 is 1.21 bits per heavy atom. The van der Waals surface area contributed by atoms with Crippen LogP contribution in [0.4, 0.5) is 11.4 Å². The highest BCUT2D eigenvalue weighted by Crippen LogP contribution is 2.28. The van der Waals surface area contributed by atoms with Crippen molar-refractivity contribution in [2.45, 2.75) is 13.8 Å². The Labute approximate surface area is 149 Å². The predicted octanol–water partition coefficient (Wildman–Crippen LogP) is 3.99. The first-order valence-electron chi connectivity index (χ1n) is 7.07. The fourth-order valence-corrected chi connectivity index (χ4v) is 2.53. The highest BCUT2D eigenvalue weighted by molar-refractivity contribution is 6.37. The minimum atomic E-state index is -0.770. The number of benzene rings is 2. The molecule has 0 saturated heterocycles. The average molecular weight is 367 g/mol. The van der Waals surface area contributed by atoms with E-state index in [-0.39, 0.29) is 21.3 Å². The van der Waals surface area contributed by atoms with Crippen LogP contribution in [0.2, 0.25) is 10.0 Å². The molecule has 1 amide bonds. The quantitative estimate of drug-likeness (QED) is 0.633. The number of carbonyl (C=O) groups is 2. The molecule has 0 saturated carbocycles. The second-order valence-corrected chi connectivity index (χ2v) is 6.06. The molecule has 2 aromatic carbocycles. The molecule has 0 heterocycles. The second kappa shape index (κ2) is 7.55. The third-order valence-corrected chi connectivity index (χ3v) is 4.06. The molecule has 0 unspecified atom stereocenters. The van der Waals surface area contributed by atoms with E-state index in [1.54, 1.807) is 6.07 Å². The summed E-state index contributed by atoms with van der Waals surface area (Å²) in [5, 5.41) is 3.09. The van der Waals surface area contributed by atoms with Crippen LogP contribution >= 0.6 is 23.2 Å². The first-order valence-corrected chi connectivity index (χ1v) is 7.83. The maximum Gasteiger partial charge on any atom is 0.340 e. The zero-order valence-electron chi connectivity index (χ0n) is 13.2. The number of nitrogens with one attached hydrogen (secondary N) is 1. The van der Waals surface area contributed by atoms with Crippen LogP contribution in [0.5, 0.6) is 0 Å². The normalized spacial score (nSPS) is 10.3. The predicted molar refractivity (Wildman–Crippen MR) is 95.7 cm³/mol. The van der Waals surface area contributed by atoms with Crippen molar-refractivity contribution in [3.05, 3.63) is 57.1 Å². The number of hydrogen-bond donors (Lipinski definition) is 2. The number of ether oxygens (including phenoxy) is 1. The van der Waals surface area contributed by atoms with E-state index in [9.17, 15) is 9.59 Å². The smallest absolute Gasteiger partial charge is 0.340 e. The molecule has 0 aliphatic rings. The molecule has 0 atom stereocenters. The number of nitrogen functional groups attached to an aromatic ring is 1. The molecule has 0 aromatic heterocycles. The molecule has 2 rings (SSSR count). The number of anilines is 2. The van der Waals surface area contributed by atoms with Crippen molar-refractivity contribution in [2.75, 3.05) is 17.7 Å². The minimum absolute atomic E-state index is 0.0204. The maximum absolute atomic E-state index is 12.0. The lowest BCUT2D eigenvalue weighted by atomic mass is 10.1. The first-order chi connectivity index (χ1) is 11.3. The van der Waals surface area contributed by atoms with Crippen molar-refractivity contribution < 1.29 is 14.3 Å². The van der Waals surface area contributed by atoms with Crippen molar-refractivity contribution in [1.29, 1.82) is 0 Å². The molecule has 0 spiro atoms. The van der Waals surface area contributed by atoms with E-state index in [2.05, 4.69) is 5.32 Å². The van der Waals surface area contributed by atoms with Gasteiger partial charge in [0.15, 0.2) is 6.61 Å². The fourth-order valence-electron chi connectivity index (χ4n) is 2.04. The Balaban J connectivity index is 2.02. The van der Waals surface area contributed by atoms with E-state index in [4.69, 9.17) is 33.7 Å². The number of nitrogens with two attached hydrogens (primary N) is 1. The largest absolute Gasteiger partial charge is 0.452 e. The van der Waals surface area contributed by atoms with E-state index in [1.165, 1.54) is 12.1 Å². The van der Waals surface area contributed by atoms with Gasteiger partial charge in [-0.15, -0.1) is 0 Å². The molecule has 7 heteroatoms. The fraction of sp³-hybridized carbons (Fsp3) is 0.176. The summed E-state index contributed by atoms with van der Waals surface area (Å²) >= 11 is 11.7. The van der Waals surface area contributed by atoms with Gasteiger partial charge in [-0.25, -0.2) is 4.79 Å². The van der Waals surface area contributed by atoms with E-state index in [0.717, 1.165) is 11.1 Å². The molecule has 0 bridgehead atoms. The van der Waals surface area contributed by atoms with Crippen LogP contribution in [-0.4, -0.2) is 18.5 Å². The Morgan fingerprint density at radius 2 is 1.92 bits per heavy atom. The molecular weight excluding hydrogens is 351 g/mol. The van der Waals surface area contributed by atoms with Gasteiger partial charge in [-0.05, 0) is 43.2 Å². The van der Waals surface area contributed by atoms with Crippen LogP contribution < -0.4 is 11.1 Å². The minimum Gasteiger partial charge on any atom is -0.452 e. The summed E-state index contributed by atoms with van der Waals surface area (Å²) in [5.74, 6) is -1.23. The van der Waals surface area contributed by atoms with E-state index in [0.29, 0.717) is 5.69 Å². The van der Waals surface area contributed by atoms with Gasteiger partial charge in [0.25, 0.3) is 5.91 Å². The maximum atomic E-state index is 12.0. The summed E-state index contributed by atoms with van der Waals surface area (Å²) in [4.78, 5) is 24.0. The van der Waals surface area contributed by atoms with Crippen LogP contribution in [0.1, 0.15) is 21.5 Å². The average Bonchev–Trinajstić information content (AvgIpc) is 2.53. The Hall–Kier alpha value is -2.24. The molecule has 0 radical (unpaired) electrons. The lowest BCUT2D eigenvalue weighted by Gasteiger charge is -2.11. The van der Waals surface area contributed by atoms with Crippen molar-refractivity contribution in [2.24, 2.45) is 0 Å². The van der Waals surface area contributed by atoms with Crippen molar-refractivity contribution in [3.63, 3.8) is 0 Å². The third kappa shape index (κ3) is 4.19. The molecule has 2 aromatic rings. The molecule has 3 N–H and O–H groups in total. The van der Waals surface area contributed by atoms with Gasteiger partial charge in [0.2, 0.25) is 0 Å². The topological polar surface area (TPSA) is 81.4 Å². The lowest BCUT2D eigenvalue weighted by molar-refractivity contribution is -0.119. The summed E-state index contributed by atoms with van der Waals surface area (Å²) < 4.78 is 4.97. The van der Waals surface area contributed by atoms with E-state index >= 15 is 0 Å². The Bertz CT molecular complexity index is 807. The summed E-state index contributed by atoms with van der Waals surface area (Å²) in [6, 6.07) is 8.31. The van der Waals surface area contributed by atoms with Gasteiger partial charge in [0.1, 0.15) is 0 Å². The molecular formula is C17H16Cl2N2O3. The number of hydrogen-bond acceptors (Lipinski definition) is 4. The van der Waals surface area contributed by atoms with Crippen molar-refractivity contribution in [3.8, 4) is 0 Å². The van der Waals surface area contributed by atoms with Gasteiger partial charge in [-0.1, -0.05) is 35.3 Å². The summed E-state index contributed by atoms with van der Waals surface area (Å²) in [7, 11) is 0. The van der Waals surface area contributed by atoms with Gasteiger partial charge in [-0.2, -0.15) is 0 Å². The Morgan fingerprint density at radius 3 is 2.62 bits per heavy atom. The van der Waals surface area contributed by atoms with Crippen LogP contribution in [0.3, 0.4) is 0 Å².